The number of carbonyl (C=O) groups is 1. The highest BCUT2D eigenvalue weighted by Gasteiger charge is 2.36. The van der Waals surface area contributed by atoms with Gasteiger partial charge in [0.25, 0.3) is 0 Å². The number of hydrogen-bond donors (Lipinski definition) is 2. The molecule has 2 aliphatic rings. The van der Waals surface area contributed by atoms with Gasteiger partial charge in [0.15, 0.2) is 0 Å². The SMILES string of the molecule is C=CC(=O)N1C[C@@H](Nc2nccc(N3CCC(O)C3)n2)[C@H](OCc2ccc(C(F)(F)F)cc2)C1. The van der Waals surface area contributed by atoms with E-state index in [1.807, 2.05) is 4.90 Å². The largest absolute Gasteiger partial charge is 0.416 e. The summed E-state index contributed by atoms with van der Waals surface area (Å²) in [5.41, 5.74) is -0.131. The monoisotopic (exact) mass is 477 g/mol. The summed E-state index contributed by atoms with van der Waals surface area (Å²) >= 11 is 0. The van der Waals surface area contributed by atoms with Crippen LogP contribution in [0.5, 0.6) is 0 Å². The molecule has 182 valence electrons. The van der Waals surface area contributed by atoms with Gasteiger partial charge in [-0.05, 0) is 36.3 Å². The molecule has 2 saturated heterocycles. The Morgan fingerprint density at radius 3 is 2.65 bits per heavy atom. The first-order valence-electron chi connectivity index (χ1n) is 10.9. The van der Waals surface area contributed by atoms with Crippen molar-refractivity contribution in [3.63, 3.8) is 0 Å². The third kappa shape index (κ3) is 5.65. The summed E-state index contributed by atoms with van der Waals surface area (Å²) in [4.78, 5) is 24.5. The van der Waals surface area contributed by atoms with Crippen LogP contribution in [0.15, 0.2) is 49.2 Å². The van der Waals surface area contributed by atoms with Crippen molar-refractivity contribution in [3.05, 3.63) is 60.3 Å². The van der Waals surface area contributed by atoms with Gasteiger partial charge in [-0.1, -0.05) is 18.7 Å². The van der Waals surface area contributed by atoms with Crippen LogP contribution in [0.4, 0.5) is 24.9 Å². The lowest BCUT2D eigenvalue weighted by molar-refractivity contribution is -0.137. The maximum atomic E-state index is 12.8. The van der Waals surface area contributed by atoms with Gasteiger partial charge in [0.1, 0.15) is 5.82 Å². The van der Waals surface area contributed by atoms with Crippen LogP contribution in [0.3, 0.4) is 0 Å². The molecule has 8 nitrogen and oxygen atoms in total. The number of halogens is 3. The Bertz CT molecular complexity index is 1020. The van der Waals surface area contributed by atoms with Gasteiger partial charge in [-0.2, -0.15) is 18.2 Å². The predicted octanol–water partition coefficient (Wildman–Crippen LogP) is 2.46. The van der Waals surface area contributed by atoms with E-state index in [4.69, 9.17) is 4.74 Å². The van der Waals surface area contributed by atoms with Crippen LogP contribution in [-0.2, 0) is 22.3 Å². The van der Waals surface area contributed by atoms with Gasteiger partial charge >= 0.3 is 6.18 Å². The van der Waals surface area contributed by atoms with Gasteiger partial charge in [0, 0.05) is 32.4 Å². The first kappa shape index (κ1) is 24.0. The predicted molar refractivity (Wildman–Crippen MR) is 119 cm³/mol. The molecule has 2 fully saturated rings. The molecule has 0 aliphatic carbocycles. The fourth-order valence-electron chi connectivity index (χ4n) is 4.09. The van der Waals surface area contributed by atoms with Crippen molar-refractivity contribution < 1.29 is 27.8 Å². The maximum absolute atomic E-state index is 12.8. The van der Waals surface area contributed by atoms with Crippen molar-refractivity contribution in [1.29, 1.82) is 0 Å². The first-order chi connectivity index (χ1) is 16.2. The molecule has 0 bridgehead atoms. The fourth-order valence-corrected chi connectivity index (χ4v) is 4.09. The standard InChI is InChI=1S/C23H26F3N5O3/c1-2-21(33)31-12-18(28-22-27-9-7-20(29-22)30-10-8-17(32)11-30)19(13-31)34-14-15-3-5-16(6-4-15)23(24,25)26/h2-7,9,17-19,32H,1,8,10-14H2,(H,27,28,29)/t17?,18-,19-/m1/s1. The Kier molecular flexibility index (Phi) is 7.03. The van der Waals surface area contributed by atoms with E-state index in [0.717, 1.165) is 12.1 Å². The molecule has 2 aromatic rings. The summed E-state index contributed by atoms with van der Waals surface area (Å²) in [5, 5.41) is 13.0. The third-order valence-corrected chi connectivity index (χ3v) is 5.94. The molecular weight excluding hydrogens is 451 g/mol. The number of alkyl halides is 3. The number of rotatable bonds is 7. The number of nitrogens with one attached hydrogen (secondary N) is 1. The maximum Gasteiger partial charge on any atom is 0.416 e. The number of amides is 1. The van der Waals surface area contributed by atoms with Gasteiger partial charge < -0.3 is 25.0 Å². The van der Waals surface area contributed by atoms with Gasteiger partial charge in [-0.25, -0.2) is 4.98 Å². The molecule has 2 N–H and O–H groups in total. The van der Waals surface area contributed by atoms with Crippen molar-refractivity contribution in [1.82, 2.24) is 14.9 Å². The lowest BCUT2D eigenvalue weighted by Gasteiger charge is -2.21. The number of aromatic nitrogens is 2. The zero-order valence-electron chi connectivity index (χ0n) is 18.4. The summed E-state index contributed by atoms with van der Waals surface area (Å²) in [5.74, 6) is 0.807. The number of anilines is 2. The molecule has 1 amide bonds. The molecule has 2 aliphatic heterocycles. The Morgan fingerprint density at radius 2 is 2.00 bits per heavy atom. The van der Waals surface area contributed by atoms with Crippen molar-refractivity contribution in [2.24, 2.45) is 0 Å². The summed E-state index contributed by atoms with van der Waals surface area (Å²) in [6, 6.07) is 6.23. The molecule has 0 spiro atoms. The van der Waals surface area contributed by atoms with E-state index in [9.17, 15) is 23.1 Å². The number of aliphatic hydroxyl groups is 1. The van der Waals surface area contributed by atoms with Crippen LogP contribution in [0.25, 0.3) is 0 Å². The molecular formula is C23H26F3N5O3. The molecule has 1 aromatic carbocycles. The van der Waals surface area contributed by atoms with Gasteiger partial charge in [-0.3, -0.25) is 4.79 Å². The minimum Gasteiger partial charge on any atom is -0.391 e. The number of β-amino-alcohol motifs (C(OH)–C–C–N with tert-alkyl or cyclic N) is 1. The molecule has 1 aromatic heterocycles. The minimum atomic E-state index is -4.40. The van der Waals surface area contributed by atoms with Crippen LogP contribution in [-0.4, -0.2) is 70.3 Å². The van der Waals surface area contributed by atoms with E-state index in [1.165, 1.54) is 18.2 Å². The number of hydrogen-bond acceptors (Lipinski definition) is 7. The minimum absolute atomic E-state index is 0.0870. The fraction of sp³-hybridized carbons (Fsp3) is 0.435. The second kappa shape index (κ2) is 9.98. The van der Waals surface area contributed by atoms with Crippen molar-refractivity contribution >= 4 is 17.7 Å². The number of carbonyl (C=O) groups excluding carboxylic acids is 1. The number of ether oxygens (including phenoxy) is 1. The number of benzene rings is 1. The second-order valence-corrected chi connectivity index (χ2v) is 8.37. The molecule has 3 heterocycles. The molecule has 0 radical (unpaired) electrons. The second-order valence-electron chi connectivity index (χ2n) is 8.37. The quantitative estimate of drug-likeness (QED) is 0.592. The van der Waals surface area contributed by atoms with Crippen molar-refractivity contribution in [2.75, 3.05) is 36.4 Å². The van der Waals surface area contributed by atoms with Crippen LogP contribution in [0.1, 0.15) is 17.5 Å². The average molecular weight is 477 g/mol. The Labute approximate surface area is 195 Å². The molecule has 0 saturated carbocycles. The molecule has 1 unspecified atom stereocenters. The summed E-state index contributed by atoms with van der Waals surface area (Å²) < 4.78 is 44.4. The zero-order valence-corrected chi connectivity index (χ0v) is 18.4. The lowest BCUT2D eigenvalue weighted by Crippen LogP contribution is -2.35. The van der Waals surface area contributed by atoms with Crippen molar-refractivity contribution in [3.8, 4) is 0 Å². The highest BCUT2D eigenvalue weighted by molar-refractivity contribution is 5.87. The van der Waals surface area contributed by atoms with Gasteiger partial charge in [0.05, 0.1) is 30.4 Å². The topological polar surface area (TPSA) is 90.8 Å². The van der Waals surface area contributed by atoms with Crippen LogP contribution in [0, 0.1) is 0 Å². The summed E-state index contributed by atoms with van der Waals surface area (Å²) in [6.07, 6.45) is -1.70. The molecule has 34 heavy (non-hydrogen) atoms. The van der Waals surface area contributed by atoms with Crippen LogP contribution in [0.2, 0.25) is 0 Å². The molecule has 11 heteroatoms. The normalized spacial score (nSPS) is 22.8. The van der Waals surface area contributed by atoms with E-state index in [1.54, 1.807) is 17.2 Å². The molecule has 3 atom stereocenters. The smallest absolute Gasteiger partial charge is 0.391 e. The van der Waals surface area contributed by atoms with E-state index in [2.05, 4.69) is 21.9 Å². The number of nitrogens with zero attached hydrogens (tertiary/aromatic N) is 4. The number of likely N-dealkylation sites (tertiary alicyclic amines) is 1. The Hall–Kier alpha value is -3.18. The van der Waals surface area contributed by atoms with E-state index < -0.39 is 17.8 Å². The third-order valence-electron chi connectivity index (χ3n) is 5.94. The van der Waals surface area contributed by atoms with E-state index in [-0.39, 0.29) is 24.7 Å². The first-order valence-corrected chi connectivity index (χ1v) is 10.9. The van der Waals surface area contributed by atoms with Gasteiger partial charge in [0.2, 0.25) is 11.9 Å². The Morgan fingerprint density at radius 1 is 1.24 bits per heavy atom. The summed E-state index contributed by atoms with van der Waals surface area (Å²) in [7, 11) is 0. The summed E-state index contributed by atoms with van der Waals surface area (Å²) in [6.45, 7) is 5.44. The van der Waals surface area contributed by atoms with E-state index in [0.29, 0.717) is 49.9 Å². The van der Waals surface area contributed by atoms with Crippen LogP contribution >= 0.6 is 0 Å². The van der Waals surface area contributed by atoms with E-state index >= 15 is 0 Å². The van der Waals surface area contributed by atoms with Crippen molar-refractivity contribution in [2.45, 2.75) is 37.5 Å². The number of aliphatic hydroxyl groups excluding tert-OH is 1. The zero-order chi connectivity index (χ0) is 24.3. The average Bonchev–Trinajstić information content (AvgIpc) is 3.43. The van der Waals surface area contributed by atoms with Gasteiger partial charge in [-0.15, -0.1) is 0 Å². The molecule has 4 rings (SSSR count). The Balaban J connectivity index is 1.44. The lowest BCUT2D eigenvalue weighted by atomic mass is 10.1. The highest BCUT2D eigenvalue weighted by atomic mass is 19.4. The highest BCUT2D eigenvalue weighted by Crippen LogP contribution is 2.29. The van der Waals surface area contributed by atoms with Crippen LogP contribution < -0.4 is 10.2 Å².